The number of rotatable bonds is 3. The Bertz CT molecular complexity index is 520. The fraction of sp³-hybridized carbons (Fsp3) is 0.143. The van der Waals surface area contributed by atoms with Gasteiger partial charge in [-0.1, -0.05) is 57.3 Å². The third-order valence-corrected chi connectivity index (χ3v) is 4.02. The fourth-order valence-electron chi connectivity index (χ4n) is 1.78. The van der Waals surface area contributed by atoms with Crippen LogP contribution in [0.5, 0.6) is 0 Å². The lowest BCUT2D eigenvalue weighted by Gasteiger charge is -2.14. The van der Waals surface area contributed by atoms with Gasteiger partial charge >= 0.3 is 0 Å². The van der Waals surface area contributed by atoms with Gasteiger partial charge in [0, 0.05) is 20.6 Å². The van der Waals surface area contributed by atoms with E-state index >= 15 is 0 Å². The van der Waals surface area contributed by atoms with Crippen molar-refractivity contribution < 1.29 is 0 Å². The Balaban J connectivity index is 2.21. The van der Waals surface area contributed by atoms with E-state index in [2.05, 4.69) is 15.9 Å². The lowest BCUT2D eigenvalue weighted by molar-refractivity contribution is 0.722. The van der Waals surface area contributed by atoms with Crippen LogP contribution in [0.3, 0.4) is 0 Å². The van der Waals surface area contributed by atoms with E-state index in [0.29, 0.717) is 16.5 Å². The fourth-order valence-corrected chi connectivity index (χ4v) is 2.59. The zero-order valence-corrected chi connectivity index (χ0v) is 12.6. The molecule has 2 aromatic carbocycles. The van der Waals surface area contributed by atoms with Crippen molar-refractivity contribution in [3.05, 3.63) is 68.1 Å². The second kappa shape index (κ2) is 6.07. The number of hydrogen-bond donors (Lipinski definition) is 1. The highest BCUT2D eigenvalue weighted by molar-refractivity contribution is 9.10. The van der Waals surface area contributed by atoms with Crippen LogP contribution >= 0.6 is 39.1 Å². The molecule has 1 unspecified atom stereocenters. The van der Waals surface area contributed by atoms with E-state index in [9.17, 15) is 0 Å². The van der Waals surface area contributed by atoms with E-state index in [-0.39, 0.29) is 6.04 Å². The molecule has 0 radical (unpaired) electrons. The number of hydrogen-bond acceptors (Lipinski definition) is 1. The molecule has 0 amide bonds. The van der Waals surface area contributed by atoms with Gasteiger partial charge in [-0.05, 0) is 41.8 Å². The lowest BCUT2D eigenvalue weighted by atomic mass is 10.00. The minimum atomic E-state index is -0.115. The van der Waals surface area contributed by atoms with Crippen molar-refractivity contribution in [3.8, 4) is 0 Å². The van der Waals surface area contributed by atoms with E-state index in [1.807, 2.05) is 42.5 Å². The first-order valence-electron chi connectivity index (χ1n) is 5.52. The Morgan fingerprint density at radius 3 is 2.11 bits per heavy atom. The van der Waals surface area contributed by atoms with Crippen molar-refractivity contribution in [2.24, 2.45) is 5.73 Å². The third kappa shape index (κ3) is 3.27. The summed E-state index contributed by atoms with van der Waals surface area (Å²) in [6, 6.07) is 13.3. The summed E-state index contributed by atoms with van der Waals surface area (Å²) in [5, 5.41) is 1.32. The molecule has 0 spiro atoms. The summed E-state index contributed by atoms with van der Waals surface area (Å²) in [6.45, 7) is 0. The molecule has 0 aromatic heterocycles. The van der Waals surface area contributed by atoms with Crippen molar-refractivity contribution in [1.29, 1.82) is 0 Å². The Morgan fingerprint density at radius 1 is 1.00 bits per heavy atom. The highest BCUT2D eigenvalue weighted by Gasteiger charge is 2.12. The van der Waals surface area contributed by atoms with E-state index in [1.165, 1.54) is 0 Å². The van der Waals surface area contributed by atoms with Crippen LogP contribution in [-0.4, -0.2) is 0 Å². The van der Waals surface area contributed by atoms with Gasteiger partial charge in [-0.15, -0.1) is 0 Å². The smallest absolute Gasteiger partial charge is 0.0453 e. The van der Waals surface area contributed by atoms with E-state index in [0.717, 1.165) is 15.6 Å². The van der Waals surface area contributed by atoms with E-state index in [1.54, 1.807) is 0 Å². The first-order chi connectivity index (χ1) is 8.58. The average Bonchev–Trinajstić information content (AvgIpc) is 2.34. The van der Waals surface area contributed by atoms with Crippen LogP contribution in [0.4, 0.5) is 0 Å². The molecule has 0 heterocycles. The zero-order chi connectivity index (χ0) is 13.1. The third-order valence-electron chi connectivity index (χ3n) is 2.78. The molecule has 18 heavy (non-hydrogen) atoms. The molecule has 1 atom stereocenters. The Hall–Kier alpha value is -0.540. The second-order valence-electron chi connectivity index (χ2n) is 4.06. The summed E-state index contributed by atoms with van der Waals surface area (Å²) in [7, 11) is 0. The average molecular weight is 345 g/mol. The summed E-state index contributed by atoms with van der Waals surface area (Å²) < 4.78 is 1.04. The molecule has 0 aliphatic carbocycles. The van der Waals surface area contributed by atoms with E-state index in [4.69, 9.17) is 28.9 Å². The van der Waals surface area contributed by atoms with Crippen LogP contribution < -0.4 is 5.73 Å². The minimum Gasteiger partial charge on any atom is -0.324 e. The first-order valence-corrected chi connectivity index (χ1v) is 7.07. The van der Waals surface area contributed by atoms with Crippen molar-refractivity contribution >= 4 is 39.1 Å². The molecule has 2 rings (SSSR count). The second-order valence-corrected chi connectivity index (χ2v) is 5.79. The molecular formula is C14H12BrCl2N. The van der Waals surface area contributed by atoms with Gasteiger partial charge < -0.3 is 5.73 Å². The summed E-state index contributed by atoms with van der Waals surface area (Å²) >= 11 is 15.7. The van der Waals surface area contributed by atoms with Gasteiger partial charge in [0.1, 0.15) is 0 Å². The number of halogens is 3. The van der Waals surface area contributed by atoms with Crippen LogP contribution in [0.25, 0.3) is 0 Å². The Kier molecular flexibility index (Phi) is 4.68. The highest BCUT2D eigenvalue weighted by atomic mass is 79.9. The summed E-state index contributed by atoms with van der Waals surface area (Å²) in [6.07, 6.45) is 0.625. The van der Waals surface area contributed by atoms with Crippen LogP contribution in [0.15, 0.2) is 46.9 Å². The maximum atomic E-state index is 6.18. The van der Waals surface area contributed by atoms with Gasteiger partial charge in [-0.25, -0.2) is 0 Å². The SMILES string of the molecule is NC(Cc1c(Cl)cccc1Cl)c1ccc(Br)cc1. The van der Waals surface area contributed by atoms with Crippen LogP contribution in [0.2, 0.25) is 10.0 Å². The lowest BCUT2D eigenvalue weighted by Crippen LogP contribution is -2.13. The monoisotopic (exact) mass is 343 g/mol. The Labute approximate surface area is 125 Å². The van der Waals surface area contributed by atoms with Crippen LogP contribution in [0, 0.1) is 0 Å². The molecule has 0 fully saturated rings. The maximum Gasteiger partial charge on any atom is 0.0453 e. The highest BCUT2D eigenvalue weighted by Crippen LogP contribution is 2.28. The molecule has 0 bridgehead atoms. The molecular weight excluding hydrogens is 333 g/mol. The van der Waals surface area contributed by atoms with Crippen molar-refractivity contribution in [2.45, 2.75) is 12.5 Å². The molecule has 0 aliphatic rings. The number of benzene rings is 2. The molecule has 4 heteroatoms. The van der Waals surface area contributed by atoms with Gasteiger partial charge in [-0.2, -0.15) is 0 Å². The van der Waals surface area contributed by atoms with Gasteiger partial charge in [-0.3, -0.25) is 0 Å². The molecule has 0 saturated carbocycles. The molecule has 2 aromatic rings. The van der Waals surface area contributed by atoms with Crippen molar-refractivity contribution in [3.63, 3.8) is 0 Å². The van der Waals surface area contributed by atoms with Crippen LogP contribution in [0.1, 0.15) is 17.2 Å². The molecule has 2 N–H and O–H groups in total. The number of nitrogens with two attached hydrogens (primary N) is 1. The Morgan fingerprint density at radius 2 is 1.56 bits per heavy atom. The standard InChI is InChI=1S/C14H12BrCl2N/c15-10-6-4-9(5-7-10)14(18)8-11-12(16)2-1-3-13(11)17/h1-7,14H,8,18H2. The summed E-state index contributed by atoms with van der Waals surface area (Å²) in [5.41, 5.74) is 8.15. The first kappa shape index (κ1) is 13.9. The quantitative estimate of drug-likeness (QED) is 0.833. The largest absolute Gasteiger partial charge is 0.324 e. The summed E-state index contributed by atoms with van der Waals surface area (Å²) in [4.78, 5) is 0. The summed E-state index contributed by atoms with van der Waals surface area (Å²) in [5.74, 6) is 0. The molecule has 0 aliphatic heterocycles. The van der Waals surface area contributed by atoms with E-state index < -0.39 is 0 Å². The topological polar surface area (TPSA) is 26.0 Å². The van der Waals surface area contributed by atoms with Crippen molar-refractivity contribution in [2.75, 3.05) is 0 Å². The van der Waals surface area contributed by atoms with Crippen molar-refractivity contribution in [1.82, 2.24) is 0 Å². The van der Waals surface area contributed by atoms with Gasteiger partial charge in [0.15, 0.2) is 0 Å². The predicted molar refractivity (Wildman–Crippen MR) is 81.2 cm³/mol. The minimum absolute atomic E-state index is 0.115. The maximum absolute atomic E-state index is 6.18. The molecule has 1 nitrogen and oxygen atoms in total. The van der Waals surface area contributed by atoms with Gasteiger partial charge in [0.2, 0.25) is 0 Å². The zero-order valence-electron chi connectivity index (χ0n) is 9.54. The molecule has 0 saturated heterocycles. The van der Waals surface area contributed by atoms with Crippen LogP contribution in [-0.2, 0) is 6.42 Å². The normalized spacial score (nSPS) is 12.4. The molecule has 94 valence electrons. The van der Waals surface area contributed by atoms with Gasteiger partial charge in [0.25, 0.3) is 0 Å². The van der Waals surface area contributed by atoms with Gasteiger partial charge in [0.05, 0.1) is 0 Å². The predicted octanol–water partition coefficient (Wildman–Crippen LogP) is 5.00.